The molecule has 2 aromatic heterocycles. The number of carbonyl (C=O) groups is 1. The van der Waals surface area contributed by atoms with E-state index in [-0.39, 0.29) is 18.1 Å². The fraction of sp³-hybridized carbons (Fsp3) is 0.611. The molecule has 8 heteroatoms. The molecule has 0 unspecified atom stereocenters. The number of hydrogen-bond donors (Lipinski definition) is 1. The first kappa shape index (κ1) is 17.1. The predicted molar refractivity (Wildman–Crippen MR) is 96.4 cm³/mol. The van der Waals surface area contributed by atoms with Crippen molar-refractivity contribution < 1.29 is 9.53 Å². The number of nitrogens with two attached hydrogens (primary N) is 1. The van der Waals surface area contributed by atoms with E-state index in [0.717, 1.165) is 13.0 Å². The summed E-state index contributed by atoms with van der Waals surface area (Å²) in [5.74, 6) is 1.16. The summed E-state index contributed by atoms with van der Waals surface area (Å²) in [5.41, 5.74) is 6.38. The van der Waals surface area contributed by atoms with Gasteiger partial charge in [-0.05, 0) is 37.3 Å². The smallest absolute Gasteiger partial charge is 0.272 e. The van der Waals surface area contributed by atoms with Gasteiger partial charge in [0.1, 0.15) is 11.5 Å². The molecule has 1 saturated carbocycles. The Kier molecular flexibility index (Phi) is 4.67. The van der Waals surface area contributed by atoms with Crippen LogP contribution in [0.3, 0.4) is 0 Å². The molecule has 3 heterocycles. The standard InChI is InChI=1S/C18H26N6O2/c1-26-15-9-14(11-22-8-6-17(19)21-22)23(12-15)18(25)16-5-7-20-24(16)10-13-3-2-4-13/h5-8,13-15H,2-4,9-12H2,1H3,(H2,19,21)/t14-,15-/m0/s1. The number of aromatic nitrogens is 4. The monoisotopic (exact) mass is 358 g/mol. The number of nitrogen functional groups attached to an aromatic ring is 1. The fourth-order valence-electron chi connectivity index (χ4n) is 3.89. The molecule has 2 fully saturated rings. The fourth-order valence-corrected chi connectivity index (χ4v) is 3.89. The quantitative estimate of drug-likeness (QED) is 0.843. The molecule has 1 aliphatic carbocycles. The molecule has 2 N–H and O–H groups in total. The molecule has 140 valence electrons. The number of rotatable bonds is 6. The number of likely N-dealkylation sites (tertiary alicyclic amines) is 1. The van der Waals surface area contributed by atoms with Crippen molar-refractivity contribution in [3.05, 3.63) is 30.2 Å². The van der Waals surface area contributed by atoms with Crippen LogP contribution in [0.25, 0.3) is 0 Å². The Morgan fingerprint density at radius 3 is 2.85 bits per heavy atom. The molecule has 0 radical (unpaired) electrons. The second kappa shape index (κ2) is 7.11. The number of ether oxygens (including phenoxy) is 1. The molecule has 2 aromatic rings. The Morgan fingerprint density at radius 2 is 2.19 bits per heavy atom. The van der Waals surface area contributed by atoms with Crippen LogP contribution in [0.4, 0.5) is 5.82 Å². The summed E-state index contributed by atoms with van der Waals surface area (Å²) in [4.78, 5) is 15.1. The molecular formula is C18H26N6O2. The van der Waals surface area contributed by atoms with Gasteiger partial charge in [0, 0.05) is 32.6 Å². The average molecular weight is 358 g/mol. The molecule has 0 bridgehead atoms. The molecule has 8 nitrogen and oxygen atoms in total. The van der Waals surface area contributed by atoms with Crippen LogP contribution in [0.1, 0.15) is 36.2 Å². The second-order valence-corrected chi connectivity index (χ2v) is 7.36. The predicted octanol–water partition coefficient (Wildman–Crippen LogP) is 1.39. The zero-order valence-electron chi connectivity index (χ0n) is 15.1. The highest BCUT2D eigenvalue weighted by atomic mass is 16.5. The van der Waals surface area contributed by atoms with Crippen molar-refractivity contribution in [1.29, 1.82) is 0 Å². The lowest BCUT2D eigenvalue weighted by molar-refractivity contribution is 0.0664. The maximum atomic E-state index is 13.2. The van der Waals surface area contributed by atoms with E-state index >= 15 is 0 Å². The topological polar surface area (TPSA) is 91.2 Å². The van der Waals surface area contributed by atoms with Crippen LogP contribution in [0.5, 0.6) is 0 Å². The SMILES string of the molecule is CO[C@H]1C[C@@H](Cn2ccc(N)n2)N(C(=O)c2ccnn2CC2CCC2)C1. The Bertz CT molecular complexity index is 765. The van der Waals surface area contributed by atoms with Gasteiger partial charge in [-0.15, -0.1) is 0 Å². The number of amides is 1. The minimum atomic E-state index is 0.0199. The number of nitrogens with zero attached hydrogens (tertiary/aromatic N) is 5. The summed E-state index contributed by atoms with van der Waals surface area (Å²) in [5, 5.41) is 8.64. The van der Waals surface area contributed by atoms with Crippen LogP contribution in [-0.4, -0.2) is 56.2 Å². The normalized spacial score (nSPS) is 23.3. The summed E-state index contributed by atoms with van der Waals surface area (Å²) in [7, 11) is 1.70. The largest absolute Gasteiger partial charge is 0.382 e. The summed E-state index contributed by atoms with van der Waals surface area (Å²) in [6.45, 7) is 2.03. The number of carbonyl (C=O) groups excluding carboxylic acids is 1. The van der Waals surface area contributed by atoms with Gasteiger partial charge in [0.05, 0.1) is 18.7 Å². The van der Waals surface area contributed by atoms with Crippen LogP contribution in [0.2, 0.25) is 0 Å². The average Bonchev–Trinajstić information content (AvgIpc) is 3.30. The van der Waals surface area contributed by atoms with E-state index in [0.29, 0.717) is 30.5 Å². The lowest BCUT2D eigenvalue weighted by Crippen LogP contribution is -2.40. The third kappa shape index (κ3) is 3.33. The number of anilines is 1. The van der Waals surface area contributed by atoms with Crippen molar-refractivity contribution in [2.75, 3.05) is 19.4 Å². The second-order valence-electron chi connectivity index (χ2n) is 7.36. The van der Waals surface area contributed by atoms with Gasteiger partial charge < -0.3 is 15.4 Å². The molecular weight excluding hydrogens is 332 g/mol. The molecule has 2 atom stereocenters. The van der Waals surface area contributed by atoms with Crippen molar-refractivity contribution in [3.8, 4) is 0 Å². The van der Waals surface area contributed by atoms with Gasteiger partial charge in [0.25, 0.3) is 5.91 Å². The summed E-state index contributed by atoms with van der Waals surface area (Å²) >= 11 is 0. The molecule has 0 spiro atoms. The first-order chi connectivity index (χ1) is 12.6. The van der Waals surface area contributed by atoms with Gasteiger partial charge >= 0.3 is 0 Å². The third-order valence-corrected chi connectivity index (χ3v) is 5.62. The first-order valence-electron chi connectivity index (χ1n) is 9.28. The molecule has 2 aliphatic rings. The van der Waals surface area contributed by atoms with E-state index in [1.807, 2.05) is 21.8 Å². The summed E-state index contributed by atoms with van der Waals surface area (Å²) in [6.07, 6.45) is 8.14. The lowest BCUT2D eigenvalue weighted by atomic mass is 9.85. The van der Waals surface area contributed by atoms with Crippen molar-refractivity contribution in [2.45, 2.75) is 50.9 Å². The van der Waals surface area contributed by atoms with Gasteiger partial charge in [-0.3, -0.25) is 14.2 Å². The summed E-state index contributed by atoms with van der Waals surface area (Å²) < 4.78 is 9.20. The number of methoxy groups -OCH3 is 1. The summed E-state index contributed by atoms with van der Waals surface area (Å²) in [6, 6.07) is 3.62. The maximum absolute atomic E-state index is 13.2. The van der Waals surface area contributed by atoms with Crippen LogP contribution < -0.4 is 5.73 Å². The Labute approximate surface area is 152 Å². The molecule has 1 saturated heterocycles. The van der Waals surface area contributed by atoms with Gasteiger partial charge in [-0.25, -0.2) is 0 Å². The van der Waals surface area contributed by atoms with Crippen LogP contribution in [0, 0.1) is 5.92 Å². The Morgan fingerprint density at radius 1 is 1.35 bits per heavy atom. The van der Waals surface area contributed by atoms with Crippen molar-refractivity contribution in [3.63, 3.8) is 0 Å². The highest BCUT2D eigenvalue weighted by Gasteiger charge is 2.37. The van der Waals surface area contributed by atoms with E-state index in [4.69, 9.17) is 10.5 Å². The van der Waals surface area contributed by atoms with Gasteiger partial charge in [0.2, 0.25) is 0 Å². The van der Waals surface area contributed by atoms with Crippen LogP contribution >= 0.6 is 0 Å². The Balaban J connectivity index is 1.51. The van der Waals surface area contributed by atoms with E-state index in [1.54, 1.807) is 24.1 Å². The van der Waals surface area contributed by atoms with Crippen molar-refractivity contribution in [2.24, 2.45) is 5.92 Å². The van der Waals surface area contributed by atoms with Gasteiger partial charge in [-0.2, -0.15) is 10.2 Å². The van der Waals surface area contributed by atoms with Gasteiger partial charge in [-0.1, -0.05) is 6.42 Å². The van der Waals surface area contributed by atoms with E-state index < -0.39 is 0 Å². The third-order valence-electron chi connectivity index (χ3n) is 5.62. The molecule has 4 rings (SSSR count). The van der Waals surface area contributed by atoms with Crippen LogP contribution in [0.15, 0.2) is 24.5 Å². The van der Waals surface area contributed by atoms with Gasteiger partial charge in [0.15, 0.2) is 0 Å². The molecule has 1 amide bonds. The molecule has 1 aliphatic heterocycles. The van der Waals surface area contributed by atoms with E-state index in [1.165, 1.54) is 19.3 Å². The maximum Gasteiger partial charge on any atom is 0.272 e. The van der Waals surface area contributed by atoms with Crippen LogP contribution in [-0.2, 0) is 17.8 Å². The number of hydrogen-bond acceptors (Lipinski definition) is 5. The Hall–Kier alpha value is -2.35. The highest BCUT2D eigenvalue weighted by Crippen LogP contribution is 2.29. The molecule has 0 aromatic carbocycles. The minimum absolute atomic E-state index is 0.0199. The van der Waals surface area contributed by atoms with E-state index in [2.05, 4.69) is 10.2 Å². The highest BCUT2D eigenvalue weighted by molar-refractivity contribution is 5.93. The van der Waals surface area contributed by atoms with Crippen molar-refractivity contribution >= 4 is 11.7 Å². The first-order valence-corrected chi connectivity index (χ1v) is 9.28. The van der Waals surface area contributed by atoms with Crippen molar-refractivity contribution in [1.82, 2.24) is 24.5 Å². The lowest BCUT2D eigenvalue weighted by Gasteiger charge is -2.27. The molecule has 26 heavy (non-hydrogen) atoms. The zero-order chi connectivity index (χ0) is 18.1. The minimum Gasteiger partial charge on any atom is -0.382 e. The van der Waals surface area contributed by atoms with E-state index in [9.17, 15) is 4.79 Å². The zero-order valence-corrected chi connectivity index (χ0v) is 15.1.